The van der Waals surface area contributed by atoms with Gasteiger partial charge in [-0.1, -0.05) is 18.2 Å². The van der Waals surface area contributed by atoms with Crippen molar-refractivity contribution in [3.63, 3.8) is 0 Å². The number of nitrogens with one attached hydrogen (secondary N) is 1. The number of anilines is 2. The van der Waals surface area contributed by atoms with Gasteiger partial charge in [0.05, 0.1) is 5.52 Å². The van der Waals surface area contributed by atoms with Crippen LogP contribution in [-0.4, -0.2) is 33.9 Å². The molecule has 2 heterocycles. The van der Waals surface area contributed by atoms with Crippen LogP contribution in [-0.2, 0) is 0 Å². The topological polar surface area (TPSA) is 53.9 Å². The Morgan fingerprint density at radius 1 is 0.893 bits per heavy atom. The van der Waals surface area contributed by atoms with Crippen molar-refractivity contribution in [1.29, 1.82) is 0 Å². The van der Waals surface area contributed by atoms with Gasteiger partial charge in [0, 0.05) is 35.7 Å². The summed E-state index contributed by atoms with van der Waals surface area (Å²) in [5, 5.41) is 4.30. The normalized spacial score (nSPS) is 12.3. The predicted octanol–water partition coefficient (Wildman–Crippen LogP) is 5.06. The van der Waals surface area contributed by atoms with Gasteiger partial charge >= 0.3 is 0 Å². The second-order valence-corrected chi connectivity index (χ2v) is 7.09. The first-order valence-corrected chi connectivity index (χ1v) is 9.31. The quantitative estimate of drug-likeness (QED) is 0.533. The average Bonchev–Trinajstić information content (AvgIpc) is 2.74. The maximum Gasteiger partial charge on any atom is 0.227 e. The number of fused-ring (bicyclic) bond motifs is 1. The highest BCUT2D eigenvalue weighted by molar-refractivity contribution is 5.84. The summed E-state index contributed by atoms with van der Waals surface area (Å²) in [4.78, 5) is 15.4. The minimum absolute atomic E-state index is 0.376. The van der Waals surface area contributed by atoms with Crippen LogP contribution in [0.2, 0.25) is 0 Å². The first-order chi connectivity index (χ1) is 13.6. The van der Waals surface area contributed by atoms with E-state index < -0.39 is 0 Å². The summed E-state index contributed by atoms with van der Waals surface area (Å²) < 4.78 is 0. The highest BCUT2D eigenvalue weighted by Gasteiger charge is 2.08. The standard InChI is InChI=1S/C23H23N5/c1-16(28(2)3)17-4-7-21(8-5-17)26-23-25-15-20-14-19(6-9-22(20)27-23)18-10-12-24-13-11-18/h4-16H,1-3H3,(H,25,26,27). The van der Waals surface area contributed by atoms with E-state index in [4.69, 9.17) is 0 Å². The van der Waals surface area contributed by atoms with Crippen molar-refractivity contribution in [2.45, 2.75) is 13.0 Å². The number of aromatic nitrogens is 3. The molecule has 4 rings (SSSR count). The molecule has 0 saturated carbocycles. The lowest BCUT2D eigenvalue weighted by atomic mass is 10.1. The van der Waals surface area contributed by atoms with Crippen molar-refractivity contribution >= 4 is 22.5 Å². The molecule has 0 aliphatic carbocycles. The van der Waals surface area contributed by atoms with E-state index >= 15 is 0 Å². The Balaban J connectivity index is 1.55. The van der Waals surface area contributed by atoms with Crippen LogP contribution in [0.3, 0.4) is 0 Å². The minimum Gasteiger partial charge on any atom is -0.324 e. The first kappa shape index (κ1) is 18.1. The molecule has 2 aromatic carbocycles. The Hall–Kier alpha value is -3.31. The molecular formula is C23H23N5. The van der Waals surface area contributed by atoms with E-state index in [1.54, 1.807) is 12.4 Å². The second-order valence-electron chi connectivity index (χ2n) is 7.09. The number of rotatable bonds is 5. The Morgan fingerprint density at radius 3 is 2.36 bits per heavy atom. The summed E-state index contributed by atoms with van der Waals surface area (Å²) in [6, 6.07) is 19.0. The van der Waals surface area contributed by atoms with E-state index in [1.165, 1.54) is 5.56 Å². The average molecular weight is 369 g/mol. The van der Waals surface area contributed by atoms with Crippen molar-refractivity contribution in [3.05, 3.63) is 78.8 Å². The van der Waals surface area contributed by atoms with Gasteiger partial charge in [0.1, 0.15) is 0 Å². The van der Waals surface area contributed by atoms with Crippen LogP contribution in [0.25, 0.3) is 22.0 Å². The SMILES string of the molecule is CC(c1ccc(Nc2ncc3cc(-c4ccncc4)ccc3n2)cc1)N(C)C. The van der Waals surface area contributed by atoms with E-state index in [1.807, 2.05) is 24.4 Å². The number of pyridine rings is 1. The molecule has 1 unspecified atom stereocenters. The summed E-state index contributed by atoms with van der Waals surface area (Å²) in [6.07, 6.45) is 5.46. The lowest BCUT2D eigenvalue weighted by molar-refractivity contribution is 0.321. The van der Waals surface area contributed by atoms with Crippen LogP contribution in [0, 0.1) is 0 Å². The van der Waals surface area contributed by atoms with Gasteiger partial charge in [-0.3, -0.25) is 4.98 Å². The highest BCUT2D eigenvalue weighted by atomic mass is 15.1. The highest BCUT2D eigenvalue weighted by Crippen LogP contribution is 2.25. The van der Waals surface area contributed by atoms with Crippen molar-refractivity contribution < 1.29 is 0 Å². The third kappa shape index (κ3) is 3.85. The van der Waals surface area contributed by atoms with Gasteiger partial charge in [-0.25, -0.2) is 9.97 Å². The van der Waals surface area contributed by atoms with Gasteiger partial charge in [-0.15, -0.1) is 0 Å². The molecule has 0 saturated heterocycles. The molecule has 4 aromatic rings. The molecule has 140 valence electrons. The summed E-state index contributed by atoms with van der Waals surface area (Å²) in [5.41, 5.74) is 5.42. The van der Waals surface area contributed by atoms with Crippen molar-refractivity contribution in [2.24, 2.45) is 0 Å². The lowest BCUT2D eigenvalue weighted by Gasteiger charge is -2.20. The van der Waals surface area contributed by atoms with Gasteiger partial charge < -0.3 is 10.2 Å². The third-order valence-electron chi connectivity index (χ3n) is 5.02. The maximum atomic E-state index is 4.65. The summed E-state index contributed by atoms with van der Waals surface area (Å²) in [5.74, 6) is 0.595. The summed E-state index contributed by atoms with van der Waals surface area (Å²) >= 11 is 0. The molecule has 1 N–H and O–H groups in total. The van der Waals surface area contributed by atoms with E-state index in [0.29, 0.717) is 12.0 Å². The van der Waals surface area contributed by atoms with Crippen LogP contribution in [0.4, 0.5) is 11.6 Å². The molecule has 2 aromatic heterocycles. The zero-order valence-corrected chi connectivity index (χ0v) is 16.3. The van der Waals surface area contributed by atoms with Crippen LogP contribution in [0.5, 0.6) is 0 Å². The predicted molar refractivity (Wildman–Crippen MR) is 115 cm³/mol. The molecule has 5 nitrogen and oxygen atoms in total. The number of hydrogen-bond donors (Lipinski definition) is 1. The maximum absolute atomic E-state index is 4.65. The molecule has 0 aliphatic rings. The molecule has 0 amide bonds. The molecular weight excluding hydrogens is 346 g/mol. The minimum atomic E-state index is 0.376. The molecule has 5 heteroatoms. The first-order valence-electron chi connectivity index (χ1n) is 9.31. The molecule has 0 bridgehead atoms. The molecule has 0 spiro atoms. The van der Waals surface area contributed by atoms with Gasteiger partial charge in [0.15, 0.2) is 0 Å². The smallest absolute Gasteiger partial charge is 0.227 e. The monoisotopic (exact) mass is 369 g/mol. The molecule has 0 fully saturated rings. The van der Waals surface area contributed by atoms with Crippen LogP contribution >= 0.6 is 0 Å². The van der Waals surface area contributed by atoms with Gasteiger partial charge in [-0.05, 0) is 74.1 Å². The molecule has 0 aliphatic heterocycles. The zero-order valence-electron chi connectivity index (χ0n) is 16.3. The largest absolute Gasteiger partial charge is 0.324 e. The van der Waals surface area contributed by atoms with Crippen LogP contribution in [0.1, 0.15) is 18.5 Å². The van der Waals surface area contributed by atoms with Crippen LogP contribution < -0.4 is 5.32 Å². The van der Waals surface area contributed by atoms with Crippen molar-refractivity contribution in [2.75, 3.05) is 19.4 Å². The lowest BCUT2D eigenvalue weighted by Crippen LogP contribution is -2.16. The Labute approximate surface area is 165 Å². The summed E-state index contributed by atoms with van der Waals surface area (Å²) in [6.45, 7) is 2.19. The number of hydrogen-bond acceptors (Lipinski definition) is 5. The van der Waals surface area contributed by atoms with Crippen molar-refractivity contribution in [1.82, 2.24) is 19.9 Å². The van der Waals surface area contributed by atoms with E-state index in [0.717, 1.165) is 27.7 Å². The van der Waals surface area contributed by atoms with Gasteiger partial charge in [-0.2, -0.15) is 0 Å². The molecule has 0 radical (unpaired) electrons. The summed E-state index contributed by atoms with van der Waals surface area (Å²) in [7, 11) is 4.17. The van der Waals surface area contributed by atoms with Crippen molar-refractivity contribution in [3.8, 4) is 11.1 Å². The van der Waals surface area contributed by atoms with Crippen LogP contribution in [0.15, 0.2) is 73.2 Å². The van der Waals surface area contributed by atoms with E-state index in [2.05, 4.69) is 82.6 Å². The number of nitrogens with zero attached hydrogens (tertiary/aromatic N) is 4. The fourth-order valence-corrected chi connectivity index (χ4v) is 3.09. The Bertz CT molecular complexity index is 1080. The Morgan fingerprint density at radius 2 is 1.64 bits per heavy atom. The Kier molecular flexibility index (Phi) is 5.00. The number of benzene rings is 2. The van der Waals surface area contributed by atoms with E-state index in [-0.39, 0.29) is 0 Å². The molecule has 1 atom stereocenters. The van der Waals surface area contributed by atoms with Gasteiger partial charge in [0.25, 0.3) is 0 Å². The second kappa shape index (κ2) is 7.74. The van der Waals surface area contributed by atoms with E-state index in [9.17, 15) is 0 Å². The fraction of sp³-hybridized carbons (Fsp3) is 0.174. The third-order valence-corrected chi connectivity index (χ3v) is 5.02. The fourth-order valence-electron chi connectivity index (χ4n) is 3.09. The zero-order chi connectivity index (χ0) is 19.5. The molecule has 28 heavy (non-hydrogen) atoms. The van der Waals surface area contributed by atoms with Gasteiger partial charge in [0.2, 0.25) is 5.95 Å².